The number of para-hydroxylation sites is 1. The third kappa shape index (κ3) is 9.03. The number of halogens is 1. The first-order chi connectivity index (χ1) is 18.1. The van der Waals surface area contributed by atoms with Crippen LogP contribution in [-0.2, 0) is 0 Å². The Morgan fingerprint density at radius 3 is 1.79 bits per heavy atom. The van der Waals surface area contributed by atoms with Gasteiger partial charge in [-0.1, -0.05) is 6.07 Å². The number of phenolic OH excluding ortho intramolecular Hbond substituents is 1. The molecule has 2 saturated heterocycles. The standard InChI is InChI=1S/C27H33N7O3.ClH.4H3N.4H2/c1-37-22-10-8-9-21(23(22)35)24(36)28-19-11-13-20(14-12-19)29-25-30-26(33-15-4-2-5-16-33)32-27(31-25)34-17-6-3-7-18-34;;;;;;;;;/h8-14,35H,2-7,15-18H2,1H3,(H,28,36)(H,29,30,31,32);1H;4*1H3;4*1H. The Balaban J connectivity index is -0.000000623. The molecule has 15 heteroatoms. The first kappa shape index (κ1) is 38.0. The van der Waals surface area contributed by atoms with Crippen LogP contribution in [0.3, 0.4) is 0 Å². The van der Waals surface area contributed by atoms with Crippen molar-refractivity contribution in [2.24, 2.45) is 0 Å². The van der Waals surface area contributed by atoms with Gasteiger partial charge in [-0.25, -0.2) is 0 Å². The first-order valence-electron chi connectivity index (χ1n) is 12.9. The van der Waals surface area contributed by atoms with Crippen molar-refractivity contribution in [3.8, 4) is 11.5 Å². The lowest BCUT2D eigenvalue weighted by atomic mass is 10.1. The Hall–Kier alpha value is -3.95. The highest BCUT2D eigenvalue weighted by molar-refractivity contribution is 6.06. The minimum atomic E-state index is -0.424. The number of piperidine rings is 2. The number of hydrogen-bond acceptors (Lipinski definition) is 13. The highest BCUT2D eigenvalue weighted by atomic mass is 35.5. The van der Waals surface area contributed by atoms with Crippen molar-refractivity contribution in [1.29, 1.82) is 0 Å². The molecule has 0 aliphatic carbocycles. The fourth-order valence-electron chi connectivity index (χ4n) is 4.72. The third-order valence-corrected chi connectivity index (χ3v) is 6.75. The highest BCUT2D eigenvalue weighted by Crippen LogP contribution is 2.30. The van der Waals surface area contributed by atoms with Gasteiger partial charge in [-0.2, -0.15) is 15.0 Å². The van der Waals surface area contributed by atoms with Gasteiger partial charge in [-0.15, -0.1) is 12.4 Å². The Morgan fingerprint density at radius 2 is 1.29 bits per heavy atom. The normalized spacial score (nSPS) is 13.9. The van der Waals surface area contributed by atoms with E-state index >= 15 is 0 Å². The summed E-state index contributed by atoms with van der Waals surface area (Å²) in [6.45, 7) is 3.83. The van der Waals surface area contributed by atoms with Crippen LogP contribution in [0, 0.1) is 0 Å². The lowest BCUT2D eigenvalue weighted by Gasteiger charge is -2.30. The zero-order valence-corrected chi connectivity index (χ0v) is 25.2. The van der Waals surface area contributed by atoms with Crippen molar-refractivity contribution in [1.82, 2.24) is 39.6 Å². The number of nitrogens with zero attached hydrogens (tertiary/aromatic N) is 5. The number of ether oxygens (including phenoxy) is 1. The topological polar surface area (TPSA) is 256 Å². The number of phenols is 1. The molecule has 0 spiro atoms. The minimum absolute atomic E-state index is 0. The second-order valence-corrected chi connectivity index (χ2v) is 9.37. The summed E-state index contributed by atoms with van der Waals surface area (Å²) < 4.78 is 5.09. The van der Waals surface area contributed by atoms with E-state index in [-0.39, 0.29) is 59.8 Å². The maximum atomic E-state index is 12.7. The maximum Gasteiger partial charge on any atom is 0.259 e. The zero-order valence-electron chi connectivity index (χ0n) is 24.3. The summed E-state index contributed by atoms with van der Waals surface area (Å²) >= 11 is 0. The molecule has 0 bridgehead atoms. The fourth-order valence-corrected chi connectivity index (χ4v) is 4.72. The van der Waals surface area contributed by atoms with Crippen LogP contribution in [-0.4, -0.2) is 59.3 Å². The lowest BCUT2D eigenvalue weighted by Crippen LogP contribution is -2.34. The number of benzene rings is 2. The van der Waals surface area contributed by atoms with E-state index < -0.39 is 5.91 Å². The molecule has 1 aromatic heterocycles. The van der Waals surface area contributed by atoms with Crippen molar-refractivity contribution in [2.75, 3.05) is 53.7 Å². The van der Waals surface area contributed by atoms with Crippen LogP contribution in [0.25, 0.3) is 0 Å². The van der Waals surface area contributed by atoms with Crippen LogP contribution in [0.5, 0.6) is 11.5 Å². The van der Waals surface area contributed by atoms with E-state index in [1.165, 1.54) is 20.0 Å². The fraction of sp³-hybridized carbons (Fsp3) is 0.407. The number of carbonyl (C=O) groups excluding carboxylic acids is 1. The molecule has 2 aliphatic heterocycles. The van der Waals surface area contributed by atoms with Gasteiger partial charge >= 0.3 is 0 Å². The van der Waals surface area contributed by atoms with Crippen LogP contribution < -0.4 is 49.8 Å². The number of hydrogen-bond donors (Lipinski definition) is 7. The zero-order chi connectivity index (χ0) is 25.6. The van der Waals surface area contributed by atoms with Gasteiger partial charge in [0.1, 0.15) is 0 Å². The summed E-state index contributed by atoms with van der Waals surface area (Å²) in [7, 11) is 1.44. The van der Waals surface area contributed by atoms with Crippen LogP contribution in [0.2, 0.25) is 0 Å². The van der Waals surface area contributed by atoms with E-state index in [9.17, 15) is 9.90 Å². The molecule has 2 fully saturated rings. The number of aromatic nitrogens is 3. The molecule has 2 aliphatic rings. The van der Waals surface area contributed by atoms with Crippen LogP contribution >= 0.6 is 12.4 Å². The quantitative estimate of drug-likeness (QED) is 0.147. The predicted molar refractivity (Wildman–Crippen MR) is 180 cm³/mol. The maximum absolute atomic E-state index is 12.7. The molecular weight excluding hydrogens is 562 g/mol. The Morgan fingerprint density at radius 1 is 0.786 bits per heavy atom. The van der Waals surface area contributed by atoms with Gasteiger partial charge in [0, 0.05) is 43.3 Å². The van der Waals surface area contributed by atoms with E-state index in [2.05, 4.69) is 20.4 Å². The summed E-state index contributed by atoms with van der Waals surface area (Å²) in [4.78, 5) is 31.5. The monoisotopic (exact) mass is 615 g/mol. The van der Waals surface area contributed by atoms with Crippen LogP contribution in [0.15, 0.2) is 42.5 Å². The van der Waals surface area contributed by atoms with Crippen molar-refractivity contribution >= 4 is 47.5 Å². The summed E-state index contributed by atoms with van der Waals surface area (Å²) in [6, 6.07) is 12.1. The second kappa shape index (κ2) is 17.8. The molecule has 2 aromatic carbocycles. The van der Waals surface area contributed by atoms with E-state index in [1.54, 1.807) is 30.3 Å². The largest absolute Gasteiger partial charge is 0.504 e. The van der Waals surface area contributed by atoms with Crippen LogP contribution in [0.1, 0.15) is 54.6 Å². The molecule has 0 saturated carbocycles. The number of aromatic hydroxyl groups is 1. The second-order valence-electron chi connectivity index (χ2n) is 9.37. The van der Waals surface area contributed by atoms with Gasteiger partial charge in [0.25, 0.3) is 5.91 Å². The number of nitrogens with one attached hydrogen (secondary N) is 2. The van der Waals surface area contributed by atoms with E-state index in [4.69, 9.17) is 19.7 Å². The van der Waals surface area contributed by atoms with Crippen molar-refractivity contribution in [3.63, 3.8) is 0 Å². The summed E-state index contributed by atoms with van der Waals surface area (Å²) in [5.41, 5.74) is 1.53. The van der Waals surface area contributed by atoms with Crippen molar-refractivity contribution < 1.29 is 20.3 Å². The predicted octanol–water partition coefficient (Wildman–Crippen LogP) is 6.62. The van der Waals surface area contributed by atoms with E-state index in [1.807, 2.05) is 12.1 Å². The Bertz CT molecular complexity index is 1220. The van der Waals surface area contributed by atoms with Crippen LogP contribution in [0.4, 0.5) is 29.2 Å². The SMILES string of the molecule is COc1cccc(C(=O)Nc2ccc(Nc3nc(N4CCCCC4)nc(N4CCCCC4)n3)cc2)c1O.Cl.N.N.N.N.[HH].[HH].[HH].[HH]. The first-order valence-corrected chi connectivity index (χ1v) is 12.9. The third-order valence-electron chi connectivity index (χ3n) is 6.75. The van der Waals surface area contributed by atoms with Crippen molar-refractivity contribution in [2.45, 2.75) is 38.5 Å². The number of carbonyl (C=O) groups is 1. The molecule has 0 unspecified atom stereocenters. The molecule has 14 nitrogen and oxygen atoms in total. The van der Waals surface area contributed by atoms with Crippen molar-refractivity contribution in [3.05, 3.63) is 48.0 Å². The molecule has 3 aromatic rings. The number of rotatable bonds is 7. The molecule has 42 heavy (non-hydrogen) atoms. The number of amides is 1. The average molecular weight is 616 g/mol. The summed E-state index contributed by atoms with van der Waals surface area (Å²) in [5, 5.41) is 16.4. The molecule has 5 rings (SSSR count). The smallest absolute Gasteiger partial charge is 0.259 e. The molecule has 242 valence electrons. The lowest BCUT2D eigenvalue weighted by molar-refractivity contribution is 0.102. The van der Waals surface area contributed by atoms with Gasteiger partial charge in [0.05, 0.1) is 12.7 Å². The Kier molecular flexibility index (Phi) is 16.1. The van der Waals surface area contributed by atoms with Gasteiger partial charge < -0.3 is 54.9 Å². The minimum Gasteiger partial charge on any atom is -0.504 e. The van der Waals surface area contributed by atoms with Gasteiger partial charge in [-0.3, -0.25) is 4.79 Å². The molecule has 15 N–H and O–H groups in total. The molecule has 3 heterocycles. The van der Waals surface area contributed by atoms with Gasteiger partial charge in [0.2, 0.25) is 17.8 Å². The average Bonchev–Trinajstić information content (AvgIpc) is 2.95. The summed E-state index contributed by atoms with van der Waals surface area (Å²) in [5.74, 6) is 1.59. The molecule has 1 amide bonds. The summed E-state index contributed by atoms with van der Waals surface area (Å²) in [6.07, 6.45) is 7.07. The molecule has 0 atom stereocenters. The van der Waals surface area contributed by atoms with E-state index in [0.717, 1.165) is 69.4 Å². The van der Waals surface area contributed by atoms with Gasteiger partial charge in [0.15, 0.2) is 11.5 Å². The number of methoxy groups -OCH3 is 1. The number of anilines is 5. The molecular formula is C27H54ClN11O3. The van der Waals surface area contributed by atoms with E-state index in [0.29, 0.717) is 11.6 Å². The Labute approximate surface area is 259 Å². The van der Waals surface area contributed by atoms with Gasteiger partial charge in [-0.05, 0) is 74.9 Å². The highest BCUT2D eigenvalue weighted by Gasteiger charge is 2.20. The molecule has 0 radical (unpaired) electrons.